The first-order chi connectivity index (χ1) is 9.98. The molecule has 0 amide bonds. The third-order valence-corrected chi connectivity index (χ3v) is 4.37. The highest BCUT2D eigenvalue weighted by Gasteiger charge is 2.34. The van der Waals surface area contributed by atoms with Gasteiger partial charge in [0.25, 0.3) is 0 Å². The predicted octanol–water partition coefficient (Wildman–Crippen LogP) is 3.45. The Labute approximate surface area is 129 Å². The summed E-state index contributed by atoms with van der Waals surface area (Å²) < 4.78 is 5.90. The zero-order valence-corrected chi connectivity index (χ0v) is 13.9. The van der Waals surface area contributed by atoms with E-state index in [0.717, 1.165) is 31.9 Å². The van der Waals surface area contributed by atoms with Crippen LogP contribution in [0.4, 0.5) is 0 Å². The van der Waals surface area contributed by atoms with E-state index in [1.54, 1.807) is 0 Å². The van der Waals surface area contributed by atoms with Crippen molar-refractivity contribution < 1.29 is 4.74 Å². The van der Waals surface area contributed by atoms with Gasteiger partial charge >= 0.3 is 0 Å². The number of ether oxygens (including phenoxy) is 1. The largest absolute Gasteiger partial charge is 0.493 e. The third kappa shape index (κ3) is 3.78. The number of rotatable bonds is 6. The molecule has 0 fully saturated rings. The van der Waals surface area contributed by atoms with Crippen LogP contribution in [0.15, 0.2) is 24.3 Å². The highest BCUT2D eigenvalue weighted by atomic mass is 16.5. The molecule has 0 radical (unpaired) electrons. The second-order valence-electron chi connectivity index (χ2n) is 7.11. The lowest BCUT2D eigenvalue weighted by atomic mass is 9.87. The zero-order valence-electron chi connectivity index (χ0n) is 13.9. The molecular formula is C18H30N2O. The quantitative estimate of drug-likeness (QED) is 0.872. The van der Waals surface area contributed by atoms with E-state index < -0.39 is 0 Å². The van der Waals surface area contributed by atoms with Gasteiger partial charge in [-0.15, -0.1) is 0 Å². The number of nitrogens with zero attached hydrogens (tertiary/aromatic N) is 1. The molecule has 1 aromatic carbocycles. The van der Waals surface area contributed by atoms with Crippen LogP contribution in [-0.2, 0) is 0 Å². The number of para-hydroxylation sites is 1. The van der Waals surface area contributed by atoms with Crippen LogP contribution in [0.25, 0.3) is 0 Å². The van der Waals surface area contributed by atoms with Gasteiger partial charge in [-0.25, -0.2) is 0 Å². The topological polar surface area (TPSA) is 38.5 Å². The number of hydrogen-bond donors (Lipinski definition) is 1. The molecule has 0 spiro atoms. The minimum Gasteiger partial charge on any atom is -0.493 e. The second-order valence-corrected chi connectivity index (χ2v) is 7.11. The molecule has 0 saturated heterocycles. The van der Waals surface area contributed by atoms with E-state index in [9.17, 15) is 0 Å². The molecule has 1 aliphatic heterocycles. The van der Waals surface area contributed by atoms with E-state index in [0.29, 0.717) is 18.5 Å². The molecule has 2 unspecified atom stereocenters. The molecule has 0 saturated carbocycles. The van der Waals surface area contributed by atoms with Gasteiger partial charge < -0.3 is 10.5 Å². The van der Waals surface area contributed by atoms with Crippen LogP contribution in [-0.4, -0.2) is 31.1 Å². The maximum Gasteiger partial charge on any atom is 0.124 e. The fraction of sp³-hybridized carbons (Fsp3) is 0.667. The molecule has 1 heterocycles. The first kappa shape index (κ1) is 16.3. The van der Waals surface area contributed by atoms with Gasteiger partial charge in [-0.2, -0.15) is 0 Å². The van der Waals surface area contributed by atoms with E-state index in [-0.39, 0.29) is 5.41 Å². The summed E-state index contributed by atoms with van der Waals surface area (Å²) in [4.78, 5) is 2.61. The van der Waals surface area contributed by atoms with Crippen LogP contribution in [0.3, 0.4) is 0 Å². The molecular weight excluding hydrogens is 260 g/mol. The number of fused-ring (bicyclic) bond motifs is 1. The highest BCUT2D eigenvalue weighted by Crippen LogP contribution is 2.40. The number of hydrogen-bond acceptors (Lipinski definition) is 3. The third-order valence-electron chi connectivity index (χ3n) is 4.37. The predicted molar refractivity (Wildman–Crippen MR) is 88.5 cm³/mol. The van der Waals surface area contributed by atoms with Crippen molar-refractivity contribution in [2.24, 2.45) is 17.1 Å². The molecule has 0 aliphatic carbocycles. The lowest BCUT2D eigenvalue weighted by Crippen LogP contribution is -2.44. The molecule has 3 heteroatoms. The summed E-state index contributed by atoms with van der Waals surface area (Å²) in [6.07, 6.45) is 1.16. The van der Waals surface area contributed by atoms with Crippen LogP contribution >= 0.6 is 0 Å². The van der Waals surface area contributed by atoms with Crippen molar-refractivity contribution in [2.45, 2.75) is 40.2 Å². The van der Waals surface area contributed by atoms with E-state index >= 15 is 0 Å². The molecule has 2 rings (SSSR count). The molecule has 1 aromatic rings. The molecule has 1 aliphatic rings. The Morgan fingerprint density at radius 3 is 2.71 bits per heavy atom. The minimum atomic E-state index is 0.141. The summed E-state index contributed by atoms with van der Waals surface area (Å²) in [7, 11) is 0. The Kier molecular flexibility index (Phi) is 5.28. The summed E-state index contributed by atoms with van der Waals surface area (Å²) in [6.45, 7) is 12.7. The Balaban J connectivity index is 2.30. The van der Waals surface area contributed by atoms with Crippen LogP contribution < -0.4 is 10.5 Å². The van der Waals surface area contributed by atoms with Crippen molar-refractivity contribution in [3.05, 3.63) is 29.8 Å². The monoisotopic (exact) mass is 290 g/mol. The van der Waals surface area contributed by atoms with E-state index in [1.165, 1.54) is 5.56 Å². The van der Waals surface area contributed by atoms with Crippen molar-refractivity contribution in [3.63, 3.8) is 0 Å². The molecule has 2 atom stereocenters. The lowest BCUT2D eigenvalue weighted by molar-refractivity contribution is 0.0614. The fourth-order valence-electron chi connectivity index (χ4n) is 3.25. The SMILES string of the molecule is CCCN(CC(C)(C)CN)C1c2ccccc2OCC1C. The Hall–Kier alpha value is -1.06. The molecule has 0 aromatic heterocycles. The van der Waals surface area contributed by atoms with Crippen molar-refractivity contribution in [2.75, 3.05) is 26.2 Å². The van der Waals surface area contributed by atoms with Gasteiger partial charge in [0.1, 0.15) is 5.75 Å². The fourth-order valence-corrected chi connectivity index (χ4v) is 3.25. The minimum absolute atomic E-state index is 0.141. The Morgan fingerprint density at radius 1 is 1.33 bits per heavy atom. The van der Waals surface area contributed by atoms with Gasteiger partial charge in [-0.05, 0) is 31.0 Å². The number of benzene rings is 1. The maximum absolute atomic E-state index is 5.96. The molecule has 21 heavy (non-hydrogen) atoms. The van der Waals surface area contributed by atoms with Crippen LogP contribution in [0.2, 0.25) is 0 Å². The van der Waals surface area contributed by atoms with Crippen LogP contribution in [0, 0.1) is 11.3 Å². The second kappa shape index (κ2) is 6.80. The highest BCUT2D eigenvalue weighted by molar-refractivity contribution is 5.38. The van der Waals surface area contributed by atoms with Gasteiger partial charge in [-0.3, -0.25) is 4.90 Å². The Morgan fingerprint density at radius 2 is 2.05 bits per heavy atom. The molecule has 0 bridgehead atoms. The van der Waals surface area contributed by atoms with E-state index in [2.05, 4.69) is 56.9 Å². The standard InChI is InChI=1S/C18H30N2O/c1-5-10-20(13-18(3,4)12-19)17-14(2)11-21-16-9-7-6-8-15(16)17/h6-9,14,17H,5,10-13,19H2,1-4H3. The molecule has 3 nitrogen and oxygen atoms in total. The molecule has 118 valence electrons. The lowest BCUT2D eigenvalue weighted by Gasteiger charge is -2.42. The Bertz CT molecular complexity index is 458. The van der Waals surface area contributed by atoms with Gasteiger partial charge in [0.2, 0.25) is 0 Å². The van der Waals surface area contributed by atoms with Crippen molar-refractivity contribution in [1.82, 2.24) is 4.90 Å². The first-order valence-electron chi connectivity index (χ1n) is 8.14. The normalized spacial score (nSPS) is 22.0. The van der Waals surface area contributed by atoms with E-state index in [4.69, 9.17) is 10.5 Å². The summed E-state index contributed by atoms with van der Waals surface area (Å²) in [6, 6.07) is 8.91. The van der Waals surface area contributed by atoms with Gasteiger partial charge in [0.15, 0.2) is 0 Å². The summed E-state index contributed by atoms with van der Waals surface area (Å²) in [5.74, 6) is 1.55. The van der Waals surface area contributed by atoms with Crippen LogP contribution in [0.5, 0.6) is 5.75 Å². The molecule has 2 N–H and O–H groups in total. The van der Waals surface area contributed by atoms with Gasteiger partial charge in [0.05, 0.1) is 6.61 Å². The summed E-state index contributed by atoms with van der Waals surface area (Å²) in [5, 5.41) is 0. The number of nitrogens with two attached hydrogens (primary N) is 1. The summed E-state index contributed by atoms with van der Waals surface area (Å²) >= 11 is 0. The van der Waals surface area contributed by atoms with Crippen LogP contribution in [0.1, 0.15) is 45.7 Å². The van der Waals surface area contributed by atoms with Gasteiger partial charge in [-0.1, -0.05) is 45.9 Å². The van der Waals surface area contributed by atoms with Gasteiger partial charge in [0, 0.05) is 24.1 Å². The summed E-state index contributed by atoms with van der Waals surface area (Å²) in [5.41, 5.74) is 7.43. The smallest absolute Gasteiger partial charge is 0.124 e. The average Bonchev–Trinajstić information content (AvgIpc) is 2.46. The van der Waals surface area contributed by atoms with Crippen molar-refractivity contribution >= 4 is 0 Å². The maximum atomic E-state index is 5.96. The van der Waals surface area contributed by atoms with E-state index in [1.807, 2.05) is 0 Å². The van der Waals surface area contributed by atoms with Crippen molar-refractivity contribution in [3.8, 4) is 5.75 Å². The average molecular weight is 290 g/mol. The van der Waals surface area contributed by atoms with Crippen molar-refractivity contribution in [1.29, 1.82) is 0 Å². The zero-order chi connectivity index (χ0) is 15.5. The first-order valence-corrected chi connectivity index (χ1v) is 8.14.